The molecule has 140 valence electrons. The van der Waals surface area contributed by atoms with Gasteiger partial charge < -0.3 is 4.74 Å². The average Bonchev–Trinajstić information content (AvgIpc) is 2.70. The Balaban J connectivity index is 2.00. The molecule has 0 aliphatic rings. The average molecular weight is 380 g/mol. The van der Waals surface area contributed by atoms with Crippen molar-refractivity contribution in [3.8, 4) is 5.75 Å². The Bertz CT molecular complexity index is 894. The minimum absolute atomic E-state index is 0.130. The van der Waals surface area contributed by atoms with Crippen molar-refractivity contribution >= 4 is 13.9 Å². The molecular weight excluding hydrogens is 354 g/mol. The van der Waals surface area contributed by atoms with E-state index >= 15 is 0 Å². The maximum Gasteiger partial charge on any atom is 0.130 e. The Labute approximate surface area is 163 Å². The lowest BCUT2D eigenvalue weighted by Crippen LogP contribution is -2.21. The summed E-state index contributed by atoms with van der Waals surface area (Å²) in [6.45, 7) is 4.37. The van der Waals surface area contributed by atoms with E-state index in [4.69, 9.17) is 4.74 Å². The van der Waals surface area contributed by atoms with Crippen LogP contribution < -0.4 is 10.0 Å². The predicted molar refractivity (Wildman–Crippen MR) is 114 cm³/mol. The smallest absolute Gasteiger partial charge is 0.130 e. The Morgan fingerprint density at radius 3 is 2.30 bits per heavy atom. The summed E-state index contributed by atoms with van der Waals surface area (Å²) >= 11 is 0. The van der Waals surface area contributed by atoms with Gasteiger partial charge in [-0.3, -0.25) is 0 Å². The van der Waals surface area contributed by atoms with Crippen molar-refractivity contribution in [2.45, 2.75) is 31.8 Å². The highest BCUT2D eigenvalue weighted by Gasteiger charge is 2.30. The minimum atomic E-state index is -0.180. The summed E-state index contributed by atoms with van der Waals surface area (Å²) in [5.74, 6) is 0.796. The lowest BCUT2D eigenvalue weighted by atomic mass is 9.92. The SMILES string of the molecule is CCC(C)(Pc1ccccc1F)c1cccc(Cc2ccccc2)c1OC. The number of ether oxygens (including phenoxy) is 1. The molecule has 0 radical (unpaired) electrons. The van der Waals surface area contributed by atoms with Gasteiger partial charge in [-0.1, -0.05) is 89.2 Å². The number of hydrogen-bond acceptors (Lipinski definition) is 1. The zero-order valence-electron chi connectivity index (χ0n) is 16.1. The second-order valence-corrected chi connectivity index (χ2v) is 8.84. The summed E-state index contributed by atoms with van der Waals surface area (Å²) in [6, 6.07) is 23.8. The van der Waals surface area contributed by atoms with Crippen molar-refractivity contribution in [2.24, 2.45) is 0 Å². The lowest BCUT2D eigenvalue weighted by Gasteiger charge is -2.31. The van der Waals surface area contributed by atoms with Crippen LogP contribution in [0.2, 0.25) is 0 Å². The number of methoxy groups -OCH3 is 1. The highest BCUT2D eigenvalue weighted by Crippen LogP contribution is 2.48. The van der Waals surface area contributed by atoms with Gasteiger partial charge in [0, 0.05) is 22.4 Å². The molecule has 0 aliphatic carbocycles. The van der Waals surface area contributed by atoms with Crippen molar-refractivity contribution in [1.82, 2.24) is 0 Å². The summed E-state index contributed by atoms with van der Waals surface area (Å²) in [5, 5.41) is 0.595. The van der Waals surface area contributed by atoms with Crippen molar-refractivity contribution in [3.63, 3.8) is 0 Å². The van der Waals surface area contributed by atoms with Gasteiger partial charge in [0.2, 0.25) is 0 Å². The molecule has 1 nitrogen and oxygen atoms in total. The molecule has 0 saturated heterocycles. The van der Waals surface area contributed by atoms with Gasteiger partial charge in [-0.05, 0) is 23.6 Å². The third kappa shape index (κ3) is 4.39. The summed E-state index contributed by atoms with van der Waals surface area (Å²) in [7, 11) is 2.07. The lowest BCUT2D eigenvalue weighted by molar-refractivity contribution is 0.398. The fourth-order valence-electron chi connectivity index (χ4n) is 3.42. The number of rotatable bonds is 7. The quantitative estimate of drug-likeness (QED) is 0.453. The molecule has 0 saturated carbocycles. The van der Waals surface area contributed by atoms with Crippen LogP contribution >= 0.6 is 8.58 Å². The highest BCUT2D eigenvalue weighted by molar-refractivity contribution is 7.48. The van der Waals surface area contributed by atoms with E-state index in [1.165, 1.54) is 11.1 Å². The zero-order chi connectivity index (χ0) is 19.3. The van der Waals surface area contributed by atoms with Crippen LogP contribution in [0.1, 0.15) is 37.0 Å². The van der Waals surface area contributed by atoms with E-state index < -0.39 is 0 Å². The van der Waals surface area contributed by atoms with Gasteiger partial charge in [-0.25, -0.2) is 4.39 Å². The number of para-hydroxylation sites is 1. The monoisotopic (exact) mass is 380 g/mol. The molecule has 27 heavy (non-hydrogen) atoms. The van der Waals surface area contributed by atoms with E-state index in [1.807, 2.05) is 18.2 Å². The molecule has 3 aromatic rings. The number of halogens is 1. The van der Waals surface area contributed by atoms with E-state index in [-0.39, 0.29) is 11.0 Å². The van der Waals surface area contributed by atoms with Gasteiger partial charge in [-0.2, -0.15) is 0 Å². The van der Waals surface area contributed by atoms with Crippen molar-refractivity contribution in [2.75, 3.05) is 7.11 Å². The predicted octanol–water partition coefficient (Wildman–Crippen LogP) is 6.05. The molecule has 0 heterocycles. The van der Waals surface area contributed by atoms with Gasteiger partial charge in [0.05, 0.1) is 7.11 Å². The third-order valence-electron chi connectivity index (χ3n) is 5.12. The first-order valence-electron chi connectivity index (χ1n) is 9.30. The van der Waals surface area contributed by atoms with Crippen LogP contribution in [0.4, 0.5) is 4.39 Å². The Hall–Kier alpha value is -2.18. The summed E-state index contributed by atoms with van der Waals surface area (Å²) in [4.78, 5) is 0. The molecule has 3 rings (SSSR count). The molecule has 3 heteroatoms. The molecule has 0 spiro atoms. The van der Waals surface area contributed by atoms with Crippen LogP contribution in [0, 0.1) is 5.82 Å². The van der Waals surface area contributed by atoms with Crippen LogP contribution in [0.15, 0.2) is 72.8 Å². The van der Waals surface area contributed by atoms with Gasteiger partial charge in [0.25, 0.3) is 0 Å². The molecule has 2 atom stereocenters. The Morgan fingerprint density at radius 2 is 1.63 bits per heavy atom. The largest absolute Gasteiger partial charge is 0.496 e. The maximum atomic E-state index is 14.3. The summed E-state index contributed by atoms with van der Waals surface area (Å²) in [6.07, 6.45) is 1.73. The third-order valence-corrected chi connectivity index (χ3v) is 6.97. The first kappa shape index (κ1) is 19.6. The molecule has 2 unspecified atom stereocenters. The number of hydrogen-bond donors (Lipinski definition) is 0. The highest BCUT2D eigenvalue weighted by atomic mass is 31.1. The van der Waals surface area contributed by atoms with E-state index in [0.29, 0.717) is 8.58 Å². The van der Waals surface area contributed by atoms with E-state index in [0.717, 1.165) is 29.5 Å². The van der Waals surface area contributed by atoms with Gasteiger partial charge in [-0.15, -0.1) is 0 Å². The maximum absolute atomic E-state index is 14.3. The topological polar surface area (TPSA) is 9.23 Å². The van der Waals surface area contributed by atoms with Crippen LogP contribution in [-0.4, -0.2) is 7.11 Å². The van der Waals surface area contributed by atoms with Crippen LogP contribution in [0.25, 0.3) is 0 Å². The molecule has 0 fully saturated rings. The molecule has 3 aromatic carbocycles. The summed E-state index contributed by atoms with van der Waals surface area (Å²) in [5.41, 5.74) is 3.57. The molecule has 0 amide bonds. The standard InChI is InChI=1S/C24H26FOP/c1-4-24(2,27-22-16-9-8-15-21(22)25)20-14-10-13-19(23(20)26-3)17-18-11-6-5-7-12-18/h5-16,27H,4,17H2,1-3H3. The second kappa shape index (κ2) is 8.67. The van der Waals surface area contributed by atoms with E-state index in [1.54, 1.807) is 19.2 Å². The van der Waals surface area contributed by atoms with E-state index in [9.17, 15) is 4.39 Å². The van der Waals surface area contributed by atoms with E-state index in [2.05, 4.69) is 56.3 Å². The fourth-order valence-corrected chi connectivity index (χ4v) is 4.91. The van der Waals surface area contributed by atoms with Crippen molar-refractivity contribution in [3.05, 3.63) is 95.3 Å². The van der Waals surface area contributed by atoms with Crippen molar-refractivity contribution < 1.29 is 9.13 Å². The van der Waals surface area contributed by atoms with Crippen molar-refractivity contribution in [1.29, 1.82) is 0 Å². The zero-order valence-corrected chi connectivity index (χ0v) is 17.1. The Kier molecular flexibility index (Phi) is 6.29. The number of benzene rings is 3. The second-order valence-electron chi connectivity index (χ2n) is 6.95. The van der Waals surface area contributed by atoms with Gasteiger partial charge in [0.1, 0.15) is 11.6 Å². The minimum Gasteiger partial charge on any atom is -0.496 e. The first-order valence-corrected chi connectivity index (χ1v) is 10.3. The fraction of sp³-hybridized carbons (Fsp3) is 0.250. The molecule has 0 aliphatic heterocycles. The first-order chi connectivity index (χ1) is 13.1. The Morgan fingerprint density at radius 1 is 0.926 bits per heavy atom. The molecular formula is C24H26FOP. The normalized spacial score (nSPS) is 13.6. The van der Waals surface area contributed by atoms with Gasteiger partial charge >= 0.3 is 0 Å². The van der Waals surface area contributed by atoms with Crippen LogP contribution in [-0.2, 0) is 11.6 Å². The summed E-state index contributed by atoms with van der Waals surface area (Å²) < 4.78 is 20.2. The molecule has 0 aromatic heterocycles. The van der Waals surface area contributed by atoms with Crippen LogP contribution in [0.5, 0.6) is 5.75 Å². The van der Waals surface area contributed by atoms with Gasteiger partial charge in [0.15, 0.2) is 0 Å². The molecule has 0 N–H and O–H groups in total. The van der Waals surface area contributed by atoms with Crippen LogP contribution in [0.3, 0.4) is 0 Å². The molecule has 0 bridgehead atoms.